The van der Waals surface area contributed by atoms with Gasteiger partial charge in [-0.25, -0.2) is 0 Å². The number of ketones is 1. The van der Waals surface area contributed by atoms with Gasteiger partial charge in [0.2, 0.25) is 11.7 Å². The molecule has 5 rings (SSSR count). The average molecular weight is 445 g/mol. The molecule has 0 spiro atoms. The van der Waals surface area contributed by atoms with Crippen LogP contribution in [0.2, 0.25) is 0 Å². The molecule has 168 valence electrons. The topological polar surface area (TPSA) is 106 Å². The van der Waals surface area contributed by atoms with Gasteiger partial charge in [0.25, 0.3) is 5.91 Å². The number of aryl methyl sites for hydroxylation is 1. The van der Waals surface area contributed by atoms with Crippen molar-refractivity contribution in [3.8, 4) is 11.4 Å². The van der Waals surface area contributed by atoms with Crippen LogP contribution in [0.4, 0.5) is 5.69 Å². The van der Waals surface area contributed by atoms with E-state index in [1.54, 1.807) is 38.3 Å². The van der Waals surface area contributed by atoms with Crippen LogP contribution in [0, 0.1) is 6.92 Å². The quantitative estimate of drug-likeness (QED) is 0.648. The fraction of sp³-hybridized carbons (Fsp3) is 0.280. The van der Waals surface area contributed by atoms with Crippen LogP contribution in [-0.2, 0) is 26.3 Å². The number of aromatic nitrogens is 2. The van der Waals surface area contributed by atoms with Gasteiger partial charge in [0.15, 0.2) is 11.5 Å². The van der Waals surface area contributed by atoms with Crippen LogP contribution in [0.15, 0.2) is 58.3 Å². The Morgan fingerprint density at radius 1 is 1.15 bits per heavy atom. The van der Waals surface area contributed by atoms with Gasteiger partial charge in [0, 0.05) is 25.3 Å². The Balaban J connectivity index is 1.67. The van der Waals surface area contributed by atoms with Crippen molar-refractivity contribution in [2.45, 2.75) is 38.8 Å². The molecule has 1 amide bonds. The molecule has 2 heterocycles. The minimum atomic E-state index is -0.893. The Kier molecular flexibility index (Phi) is 4.72. The van der Waals surface area contributed by atoms with Gasteiger partial charge in [-0.2, -0.15) is 4.98 Å². The molecule has 0 fully saturated rings. The van der Waals surface area contributed by atoms with E-state index >= 15 is 0 Å². The molecular weight excluding hydrogens is 422 g/mol. The molecule has 0 radical (unpaired) electrons. The van der Waals surface area contributed by atoms with E-state index in [4.69, 9.17) is 9.26 Å². The third-order valence-electron chi connectivity index (χ3n) is 6.39. The number of rotatable bonds is 4. The van der Waals surface area contributed by atoms with Crippen molar-refractivity contribution in [1.29, 1.82) is 0 Å². The third-order valence-corrected chi connectivity index (χ3v) is 6.39. The molecule has 0 saturated heterocycles. The third kappa shape index (κ3) is 3.01. The summed E-state index contributed by atoms with van der Waals surface area (Å²) in [5, 5.41) is 14.7. The van der Waals surface area contributed by atoms with E-state index in [9.17, 15) is 14.7 Å². The van der Waals surface area contributed by atoms with Crippen LogP contribution in [0.3, 0.4) is 0 Å². The van der Waals surface area contributed by atoms with Crippen LogP contribution in [0.5, 0.6) is 0 Å². The van der Waals surface area contributed by atoms with Crippen molar-refractivity contribution in [1.82, 2.24) is 10.1 Å². The molecule has 0 saturated carbocycles. The molecule has 2 aliphatic rings. The van der Waals surface area contributed by atoms with Crippen LogP contribution in [0.25, 0.3) is 11.4 Å². The van der Waals surface area contributed by atoms with E-state index < -0.39 is 23.1 Å². The largest absolute Gasteiger partial charge is 0.503 e. The molecule has 1 N–H and O–H groups in total. The molecule has 1 atom stereocenters. The zero-order valence-corrected chi connectivity index (χ0v) is 18.7. The van der Waals surface area contributed by atoms with E-state index in [0.29, 0.717) is 24.0 Å². The van der Waals surface area contributed by atoms with E-state index in [-0.39, 0.29) is 11.4 Å². The predicted molar refractivity (Wildman–Crippen MR) is 120 cm³/mol. The summed E-state index contributed by atoms with van der Waals surface area (Å²) in [4.78, 5) is 32.4. The first-order valence-electron chi connectivity index (χ1n) is 10.6. The number of benzene rings is 2. The van der Waals surface area contributed by atoms with Gasteiger partial charge < -0.3 is 14.4 Å². The van der Waals surface area contributed by atoms with E-state index in [0.717, 1.165) is 22.3 Å². The van der Waals surface area contributed by atoms with Gasteiger partial charge in [0.1, 0.15) is 0 Å². The Morgan fingerprint density at radius 2 is 1.88 bits per heavy atom. The molecule has 33 heavy (non-hydrogen) atoms. The maximum Gasteiger partial charge on any atom is 0.294 e. The second-order valence-electron chi connectivity index (χ2n) is 8.79. The number of aliphatic hydroxyl groups is 1. The molecule has 1 aliphatic carbocycles. The zero-order valence-electron chi connectivity index (χ0n) is 18.7. The minimum Gasteiger partial charge on any atom is -0.503 e. The van der Waals surface area contributed by atoms with Crippen molar-refractivity contribution in [2.24, 2.45) is 0 Å². The smallest absolute Gasteiger partial charge is 0.294 e. The molecule has 1 unspecified atom stereocenters. The van der Waals surface area contributed by atoms with Crippen LogP contribution in [-0.4, -0.2) is 34.0 Å². The second-order valence-corrected chi connectivity index (χ2v) is 8.79. The number of ether oxygens (including phenoxy) is 1. The first-order valence-corrected chi connectivity index (χ1v) is 10.6. The SMILES string of the molecule is COCc1cccc2c1C1C(=C(O)C(=O)N1c1ccc(-c3noc(C)n3)cc1)C(=O)C2(C)C. The normalized spacial score (nSPS) is 19.2. The fourth-order valence-electron chi connectivity index (χ4n) is 4.79. The summed E-state index contributed by atoms with van der Waals surface area (Å²) in [5.74, 6) is -0.484. The maximum atomic E-state index is 13.5. The fourth-order valence-corrected chi connectivity index (χ4v) is 4.79. The number of fused-ring (bicyclic) bond motifs is 3. The Labute approximate surface area is 190 Å². The number of anilines is 1. The van der Waals surface area contributed by atoms with Gasteiger partial charge in [-0.05, 0) is 54.8 Å². The highest BCUT2D eigenvalue weighted by Gasteiger charge is 2.53. The molecular formula is C25H23N3O5. The molecule has 8 nitrogen and oxygen atoms in total. The number of aliphatic hydroxyl groups excluding tert-OH is 1. The second kappa shape index (κ2) is 7.38. The summed E-state index contributed by atoms with van der Waals surface area (Å²) in [7, 11) is 1.60. The molecule has 3 aromatic rings. The lowest BCUT2D eigenvalue weighted by atomic mass is 9.67. The van der Waals surface area contributed by atoms with Crippen molar-refractivity contribution in [3.63, 3.8) is 0 Å². The predicted octanol–water partition coefficient (Wildman–Crippen LogP) is 3.95. The molecule has 2 aromatic carbocycles. The average Bonchev–Trinajstić information content (AvgIpc) is 3.34. The highest BCUT2D eigenvalue weighted by molar-refractivity contribution is 6.20. The summed E-state index contributed by atoms with van der Waals surface area (Å²) in [6.07, 6.45) is 0. The van der Waals surface area contributed by atoms with Gasteiger partial charge >= 0.3 is 0 Å². The van der Waals surface area contributed by atoms with Crippen molar-refractivity contribution in [2.75, 3.05) is 12.0 Å². The Bertz CT molecular complexity index is 1320. The lowest BCUT2D eigenvalue weighted by molar-refractivity contribution is -0.121. The summed E-state index contributed by atoms with van der Waals surface area (Å²) in [6.45, 7) is 5.66. The Hall–Kier alpha value is -3.78. The summed E-state index contributed by atoms with van der Waals surface area (Å²) < 4.78 is 10.5. The lowest BCUT2D eigenvalue weighted by Crippen LogP contribution is -2.42. The van der Waals surface area contributed by atoms with Crippen molar-refractivity contribution in [3.05, 3.63) is 76.4 Å². The number of nitrogens with zero attached hydrogens (tertiary/aromatic N) is 3. The van der Waals surface area contributed by atoms with Gasteiger partial charge in [-0.3, -0.25) is 14.5 Å². The van der Waals surface area contributed by atoms with Crippen molar-refractivity contribution >= 4 is 17.4 Å². The summed E-state index contributed by atoms with van der Waals surface area (Å²) in [5.41, 5.74) is 3.00. The van der Waals surface area contributed by atoms with Crippen LogP contribution < -0.4 is 4.90 Å². The van der Waals surface area contributed by atoms with E-state index in [2.05, 4.69) is 10.1 Å². The lowest BCUT2D eigenvalue weighted by Gasteiger charge is -2.39. The highest BCUT2D eigenvalue weighted by atomic mass is 16.5. The number of carbonyl (C=O) groups is 2. The molecule has 0 bridgehead atoms. The first kappa shape index (κ1) is 21.1. The van der Waals surface area contributed by atoms with Crippen LogP contribution >= 0.6 is 0 Å². The number of carbonyl (C=O) groups excluding carboxylic acids is 2. The van der Waals surface area contributed by atoms with Gasteiger partial charge in [-0.15, -0.1) is 0 Å². The number of amides is 1. The number of methoxy groups -OCH3 is 1. The van der Waals surface area contributed by atoms with E-state index in [1.807, 2.05) is 32.0 Å². The summed E-state index contributed by atoms with van der Waals surface area (Å²) >= 11 is 0. The Morgan fingerprint density at radius 3 is 2.52 bits per heavy atom. The van der Waals surface area contributed by atoms with E-state index in [1.165, 1.54) is 4.90 Å². The monoisotopic (exact) mass is 445 g/mol. The van der Waals surface area contributed by atoms with Crippen LogP contribution in [0.1, 0.15) is 42.5 Å². The van der Waals surface area contributed by atoms with Crippen molar-refractivity contribution < 1.29 is 24.0 Å². The highest BCUT2D eigenvalue weighted by Crippen LogP contribution is 2.51. The van der Waals surface area contributed by atoms with Gasteiger partial charge in [0.05, 0.1) is 23.6 Å². The van der Waals surface area contributed by atoms with Gasteiger partial charge in [-0.1, -0.05) is 23.4 Å². The standard InChI is InChI=1S/C25H23N3O5/c1-13-26-23(27-33-13)14-8-10-16(11-9-14)28-20-18-15(12-32-4)6-5-7-17(18)25(2,3)22(30)19(20)21(29)24(28)31/h5-11,20,29H,12H2,1-4H3. The molecule has 1 aliphatic heterocycles. The molecule has 1 aromatic heterocycles. The number of hydrogen-bond donors (Lipinski definition) is 1. The maximum absolute atomic E-state index is 13.5. The number of hydrogen-bond acceptors (Lipinski definition) is 7. The summed E-state index contributed by atoms with van der Waals surface area (Å²) in [6, 6.07) is 12.0. The number of Topliss-reactive ketones (excluding diaryl/α,β-unsaturated/α-hetero) is 1. The first-order chi connectivity index (χ1) is 15.8. The zero-order chi connectivity index (χ0) is 23.5. The minimum absolute atomic E-state index is 0.124. The molecule has 8 heteroatoms.